The first kappa shape index (κ1) is 19.3. The molecule has 4 amide bonds. The minimum absolute atomic E-state index is 0.113. The van der Waals surface area contributed by atoms with Crippen molar-refractivity contribution in [2.75, 3.05) is 6.54 Å². The summed E-state index contributed by atoms with van der Waals surface area (Å²) < 4.78 is 0. The summed E-state index contributed by atoms with van der Waals surface area (Å²) in [6.45, 7) is -0.184. The van der Waals surface area contributed by atoms with Gasteiger partial charge in [0.05, 0.1) is 0 Å². The number of amides is 4. The zero-order valence-corrected chi connectivity index (χ0v) is 18.0. The number of rotatable bonds is 3. The molecule has 1 aromatic rings. The highest BCUT2D eigenvalue weighted by Gasteiger charge is 2.55. The van der Waals surface area contributed by atoms with Gasteiger partial charge < -0.3 is 10.6 Å². The number of nitrogens with zero attached hydrogens (tertiary/aromatic N) is 1. The molecule has 2 N–H and O–H groups in total. The third-order valence-electron chi connectivity index (χ3n) is 8.65. The van der Waals surface area contributed by atoms with Gasteiger partial charge in [0.15, 0.2) is 0 Å². The number of carbonyl (C=O) groups is 3. The maximum absolute atomic E-state index is 13.6. The van der Waals surface area contributed by atoms with E-state index in [1.54, 1.807) is 0 Å². The number of urea groups is 1. The SMILES string of the molecule is O=C(CN1C(=O)N[C@@]2(CCCCc3ccccc32)C1=O)NC12CC3CC(CC(C3)C1)C2. The van der Waals surface area contributed by atoms with Crippen LogP contribution in [0.25, 0.3) is 0 Å². The van der Waals surface area contributed by atoms with Gasteiger partial charge in [-0.05, 0) is 93.1 Å². The number of carbonyl (C=O) groups excluding carboxylic acids is 3. The first-order valence-corrected chi connectivity index (χ1v) is 12.0. The number of benzene rings is 1. The van der Waals surface area contributed by atoms with Gasteiger partial charge in [-0.3, -0.25) is 14.5 Å². The van der Waals surface area contributed by atoms with Crippen molar-refractivity contribution in [1.82, 2.24) is 15.5 Å². The Morgan fingerprint density at radius 1 is 1.03 bits per heavy atom. The molecule has 4 bridgehead atoms. The van der Waals surface area contributed by atoms with Gasteiger partial charge in [0.25, 0.3) is 5.91 Å². The van der Waals surface area contributed by atoms with E-state index < -0.39 is 11.6 Å². The molecular weight excluding hydrogens is 390 g/mol. The molecule has 164 valence electrons. The van der Waals surface area contributed by atoms with Crippen molar-refractivity contribution in [1.29, 1.82) is 0 Å². The molecule has 0 aromatic heterocycles. The van der Waals surface area contributed by atoms with Gasteiger partial charge in [0.2, 0.25) is 5.91 Å². The first-order chi connectivity index (χ1) is 15.0. The van der Waals surface area contributed by atoms with Crippen molar-refractivity contribution in [2.24, 2.45) is 17.8 Å². The summed E-state index contributed by atoms with van der Waals surface area (Å²) >= 11 is 0. The van der Waals surface area contributed by atoms with Gasteiger partial charge >= 0.3 is 6.03 Å². The normalized spacial score (nSPS) is 38.2. The summed E-state index contributed by atoms with van der Waals surface area (Å²) in [5, 5.41) is 6.29. The molecular formula is C25H31N3O3. The average Bonchev–Trinajstić information content (AvgIpc) is 2.85. The van der Waals surface area contributed by atoms with Crippen LogP contribution in [-0.2, 0) is 21.5 Å². The third-order valence-corrected chi connectivity index (χ3v) is 8.65. The molecule has 6 aliphatic rings. The van der Waals surface area contributed by atoms with E-state index in [9.17, 15) is 14.4 Å². The molecule has 6 nitrogen and oxygen atoms in total. The lowest BCUT2D eigenvalue weighted by atomic mass is 9.53. The Balaban J connectivity index is 1.21. The summed E-state index contributed by atoms with van der Waals surface area (Å²) in [4.78, 5) is 40.7. The van der Waals surface area contributed by atoms with Crippen molar-refractivity contribution in [2.45, 2.75) is 75.3 Å². The van der Waals surface area contributed by atoms with Crippen LogP contribution < -0.4 is 10.6 Å². The van der Waals surface area contributed by atoms with Gasteiger partial charge in [0.1, 0.15) is 12.1 Å². The van der Waals surface area contributed by atoms with E-state index in [0.29, 0.717) is 6.42 Å². The summed E-state index contributed by atoms with van der Waals surface area (Å²) in [5.74, 6) is 1.73. The standard InChI is InChI=1S/C25H31N3O3/c29-21(26-24-12-16-9-17(13-24)11-18(10-16)14-24)15-28-22(30)25(27-23(28)31)8-4-3-6-19-5-1-2-7-20(19)25/h1-2,5,7,16-18H,3-4,6,8-15H2,(H,26,29)(H,27,31)/t16?,17?,18?,24?,25-/m1/s1. The minimum atomic E-state index is -1.02. The van der Waals surface area contributed by atoms with Crippen molar-refractivity contribution >= 4 is 17.8 Å². The quantitative estimate of drug-likeness (QED) is 0.736. The monoisotopic (exact) mass is 421 g/mol. The molecule has 7 rings (SSSR count). The molecule has 0 radical (unpaired) electrons. The Morgan fingerprint density at radius 2 is 1.71 bits per heavy atom. The van der Waals surface area contributed by atoms with E-state index in [1.807, 2.05) is 24.3 Å². The smallest absolute Gasteiger partial charge is 0.325 e. The zero-order chi connectivity index (χ0) is 21.2. The van der Waals surface area contributed by atoms with Crippen LogP contribution >= 0.6 is 0 Å². The second kappa shape index (κ2) is 6.81. The summed E-state index contributed by atoms with van der Waals surface area (Å²) in [6, 6.07) is 7.47. The Bertz CT molecular complexity index is 922. The summed E-state index contributed by atoms with van der Waals surface area (Å²) in [5.41, 5.74) is 0.881. The van der Waals surface area contributed by atoms with Crippen LogP contribution in [0.1, 0.15) is 68.9 Å². The lowest BCUT2D eigenvalue weighted by Crippen LogP contribution is -2.61. The van der Waals surface area contributed by atoms with E-state index in [0.717, 1.165) is 72.3 Å². The van der Waals surface area contributed by atoms with Gasteiger partial charge in [0, 0.05) is 5.54 Å². The number of fused-ring (bicyclic) bond motifs is 2. The molecule has 1 atom stereocenters. The van der Waals surface area contributed by atoms with Crippen LogP contribution in [0.5, 0.6) is 0 Å². The van der Waals surface area contributed by atoms with Crippen LogP contribution in [0, 0.1) is 17.8 Å². The number of hydrogen-bond donors (Lipinski definition) is 2. The highest BCUT2D eigenvalue weighted by molar-refractivity contribution is 6.09. The lowest BCUT2D eigenvalue weighted by molar-refractivity contribution is -0.137. The molecule has 6 heteroatoms. The van der Waals surface area contributed by atoms with Gasteiger partial charge in [-0.15, -0.1) is 0 Å². The second-order valence-electron chi connectivity index (χ2n) is 10.8. The van der Waals surface area contributed by atoms with Crippen molar-refractivity contribution in [3.05, 3.63) is 35.4 Å². The average molecular weight is 422 g/mol. The van der Waals surface area contributed by atoms with Crippen LogP contribution in [0.2, 0.25) is 0 Å². The zero-order valence-electron chi connectivity index (χ0n) is 18.0. The lowest BCUT2D eigenvalue weighted by Gasteiger charge is -2.56. The molecule has 1 aliphatic heterocycles. The van der Waals surface area contributed by atoms with E-state index in [2.05, 4.69) is 10.6 Å². The van der Waals surface area contributed by atoms with Gasteiger partial charge in [-0.2, -0.15) is 0 Å². The van der Waals surface area contributed by atoms with Crippen LogP contribution in [0.4, 0.5) is 4.79 Å². The van der Waals surface area contributed by atoms with Crippen molar-refractivity contribution in [3.63, 3.8) is 0 Å². The Hall–Kier alpha value is -2.37. The number of hydrogen-bond acceptors (Lipinski definition) is 3. The van der Waals surface area contributed by atoms with Gasteiger partial charge in [-0.25, -0.2) is 4.79 Å². The van der Waals surface area contributed by atoms with E-state index in [-0.39, 0.29) is 23.9 Å². The highest BCUT2D eigenvalue weighted by atomic mass is 16.2. The second-order valence-corrected chi connectivity index (χ2v) is 10.8. The predicted molar refractivity (Wildman–Crippen MR) is 115 cm³/mol. The molecule has 1 saturated heterocycles. The Labute approximate surface area is 183 Å². The van der Waals surface area contributed by atoms with E-state index >= 15 is 0 Å². The van der Waals surface area contributed by atoms with Crippen LogP contribution in [0.15, 0.2) is 24.3 Å². The largest absolute Gasteiger partial charge is 0.349 e. The minimum Gasteiger partial charge on any atom is -0.349 e. The van der Waals surface area contributed by atoms with Gasteiger partial charge in [-0.1, -0.05) is 24.3 Å². The highest BCUT2D eigenvalue weighted by Crippen LogP contribution is 2.55. The molecule has 5 aliphatic carbocycles. The van der Waals surface area contributed by atoms with E-state index in [4.69, 9.17) is 0 Å². The molecule has 31 heavy (non-hydrogen) atoms. The molecule has 1 aromatic carbocycles. The summed E-state index contributed by atoms with van der Waals surface area (Å²) in [6.07, 6.45) is 10.5. The topological polar surface area (TPSA) is 78.5 Å². The number of aryl methyl sites for hydroxylation is 1. The fraction of sp³-hybridized carbons (Fsp3) is 0.640. The summed E-state index contributed by atoms with van der Waals surface area (Å²) in [7, 11) is 0. The molecule has 1 heterocycles. The molecule has 1 spiro atoms. The van der Waals surface area contributed by atoms with Crippen molar-refractivity contribution in [3.8, 4) is 0 Å². The maximum Gasteiger partial charge on any atom is 0.325 e. The fourth-order valence-corrected chi connectivity index (χ4v) is 7.86. The maximum atomic E-state index is 13.6. The van der Waals surface area contributed by atoms with Crippen LogP contribution in [0.3, 0.4) is 0 Å². The predicted octanol–water partition coefficient (Wildman–Crippen LogP) is 3.25. The first-order valence-electron chi connectivity index (χ1n) is 12.0. The third kappa shape index (κ3) is 3.01. The van der Waals surface area contributed by atoms with Crippen LogP contribution in [-0.4, -0.2) is 34.8 Å². The number of nitrogens with one attached hydrogen (secondary N) is 2. The molecule has 5 fully saturated rings. The molecule has 0 unspecified atom stereocenters. The molecule has 4 saturated carbocycles. The Kier molecular flexibility index (Phi) is 4.25. The van der Waals surface area contributed by atoms with Crippen molar-refractivity contribution < 1.29 is 14.4 Å². The Morgan fingerprint density at radius 3 is 2.42 bits per heavy atom. The number of imide groups is 1. The van der Waals surface area contributed by atoms with E-state index in [1.165, 1.54) is 19.3 Å². The fourth-order valence-electron chi connectivity index (χ4n) is 7.86.